The maximum atomic E-state index is 11.3. The monoisotopic (exact) mass is 233 g/mol. The van der Waals surface area contributed by atoms with Crippen molar-refractivity contribution in [3.8, 4) is 5.75 Å². The summed E-state index contributed by atoms with van der Waals surface area (Å²) in [6.45, 7) is 0. The van der Waals surface area contributed by atoms with Crippen LogP contribution in [0.3, 0.4) is 0 Å². The van der Waals surface area contributed by atoms with Gasteiger partial charge < -0.3 is 15.2 Å². The Kier molecular flexibility index (Phi) is 3.65. The van der Waals surface area contributed by atoms with Gasteiger partial charge in [0.05, 0.1) is 14.2 Å². The second-order valence-electron chi connectivity index (χ2n) is 2.36. The summed E-state index contributed by atoms with van der Waals surface area (Å²) in [5, 5.41) is 0. The number of esters is 1. The number of carbonyl (C=O) groups is 1. The number of ether oxygens (including phenoxy) is 2. The Morgan fingerprint density at radius 1 is 1.50 bits per heavy atom. The van der Waals surface area contributed by atoms with Crippen LogP contribution in [0.1, 0.15) is 9.67 Å². The molecule has 6 heteroatoms. The van der Waals surface area contributed by atoms with Crippen LogP contribution in [0.15, 0.2) is 4.21 Å². The highest BCUT2D eigenvalue weighted by atomic mass is 32.2. The first-order valence-corrected chi connectivity index (χ1v) is 5.78. The highest BCUT2D eigenvalue weighted by Gasteiger charge is 2.21. The van der Waals surface area contributed by atoms with Crippen molar-refractivity contribution in [2.75, 3.05) is 26.2 Å². The van der Waals surface area contributed by atoms with Gasteiger partial charge in [0.2, 0.25) is 0 Å². The Morgan fingerprint density at radius 2 is 2.14 bits per heavy atom. The second kappa shape index (κ2) is 4.56. The van der Waals surface area contributed by atoms with Gasteiger partial charge in [-0.3, -0.25) is 0 Å². The van der Waals surface area contributed by atoms with Crippen LogP contribution < -0.4 is 10.5 Å². The van der Waals surface area contributed by atoms with Crippen LogP contribution in [0.5, 0.6) is 5.75 Å². The maximum Gasteiger partial charge on any atom is 0.350 e. The molecule has 0 aliphatic heterocycles. The highest BCUT2D eigenvalue weighted by Crippen LogP contribution is 2.43. The van der Waals surface area contributed by atoms with Gasteiger partial charge >= 0.3 is 5.97 Å². The fraction of sp³-hybridized carbons (Fsp3) is 0.375. The predicted octanol–water partition coefficient (Wildman–Crippen LogP) is 1.85. The third kappa shape index (κ3) is 1.80. The minimum Gasteiger partial charge on any atom is -0.492 e. The van der Waals surface area contributed by atoms with Gasteiger partial charge in [-0.05, 0) is 6.26 Å². The van der Waals surface area contributed by atoms with Crippen molar-refractivity contribution in [2.24, 2.45) is 0 Å². The zero-order chi connectivity index (χ0) is 10.7. The number of nitrogen functional groups attached to an aromatic ring is 1. The molecule has 0 saturated carbocycles. The lowest BCUT2D eigenvalue weighted by Crippen LogP contribution is -2.02. The van der Waals surface area contributed by atoms with E-state index in [1.54, 1.807) is 0 Å². The first kappa shape index (κ1) is 11.2. The Balaban J connectivity index is 3.20. The van der Waals surface area contributed by atoms with Crippen molar-refractivity contribution in [1.82, 2.24) is 0 Å². The molecule has 1 aromatic rings. The average Bonchev–Trinajstić information content (AvgIpc) is 2.53. The fourth-order valence-electron chi connectivity index (χ4n) is 0.979. The summed E-state index contributed by atoms with van der Waals surface area (Å²) in [6.07, 6.45) is 1.90. The van der Waals surface area contributed by atoms with E-state index in [1.807, 2.05) is 6.26 Å². The molecule has 0 radical (unpaired) electrons. The molecule has 0 fully saturated rings. The molecule has 0 aliphatic carbocycles. The molecule has 1 rings (SSSR count). The molecule has 0 aromatic carbocycles. The lowest BCUT2D eigenvalue weighted by molar-refractivity contribution is 0.0607. The molecule has 0 spiro atoms. The number of anilines is 1. The van der Waals surface area contributed by atoms with Crippen molar-refractivity contribution >= 4 is 34.8 Å². The van der Waals surface area contributed by atoms with Crippen molar-refractivity contribution in [2.45, 2.75) is 4.21 Å². The average molecular weight is 233 g/mol. The van der Waals surface area contributed by atoms with Crippen molar-refractivity contribution < 1.29 is 14.3 Å². The molecule has 0 bridgehead atoms. The fourth-order valence-corrected chi connectivity index (χ4v) is 2.78. The van der Waals surface area contributed by atoms with E-state index >= 15 is 0 Å². The number of carbonyl (C=O) groups excluding carboxylic acids is 1. The molecule has 0 aliphatic rings. The van der Waals surface area contributed by atoms with E-state index in [4.69, 9.17) is 10.5 Å². The van der Waals surface area contributed by atoms with Gasteiger partial charge in [0.1, 0.15) is 14.8 Å². The summed E-state index contributed by atoms with van der Waals surface area (Å²) < 4.78 is 10.6. The minimum absolute atomic E-state index is 0.355. The van der Waals surface area contributed by atoms with Crippen LogP contribution in [0.4, 0.5) is 5.69 Å². The van der Waals surface area contributed by atoms with E-state index in [-0.39, 0.29) is 0 Å². The van der Waals surface area contributed by atoms with Crippen molar-refractivity contribution in [3.63, 3.8) is 0 Å². The van der Waals surface area contributed by atoms with Crippen LogP contribution in [0, 0.1) is 0 Å². The summed E-state index contributed by atoms with van der Waals surface area (Å²) in [5.41, 5.74) is 6.09. The highest BCUT2D eigenvalue weighted by molar-refractivity contribution is 8.00. The molecule has 1 aromatic heterocycles. The van der Waals surface area contributed by atoms with Crippen LogP contribution in [0.2, 0.25) is 0 Å². The number of hydrogen-bond donors (Lipinski definition) is 1. The smallest absolute Gasteiger partial charge is 0.350 e. The molecule has 14 heavy (non-hydrogen) atoms. The molecule has 0 amide bonds. The van der Waals surface area contributed by atoms with E-state index in [9.17, 15) is 4.79 Å². The van der Waals surface area contributed by atoms with Gasteiger partial charge in [-0.2, -0.15) is 0 Å². The topological polar surface area (TPSA) is 61.5 Å². The number of hydrogen-bond acceptors (Lipinski definition) is 6. The molecule has 2 N–H and O–H groups in total. The first-order chi connectivity index (χ1) is 6.65. The lowest BCUT2D eigenvalue weighted by Gasteiger charge is -2.00. The van der Waals surface area contributed by atoms with Crippen LogP contribution in [0.25, 0.3) is 0 Å². The molecular formula is C8H11NO3S2. The zero-order valence-electron chi connectivity index (χ0n) is 8.12. The molecule has 0 atom stereocenters. The Hall–Kier alpha value is -0.880. The number of thioether (sulfide) groups is 1. The SMILES string of the molecule is COC(=O)c1sc(SC)c(OC)c1N. The quantitative estimate of drug-likeness (QED) is 0.637. The summed E-state index contributed by atoms with van der Waals surface area (Å²) in [4.78, 5) is 11.7. The van der Waals surface area contributed by atoms with Crippen LogP contribution >= 0.6 is 23.1 Å². The third-order valence-electron chi connectivity index (χ3n) is 1.63. The van der Waals surface area contributed by atoms with Crippen LogP contribution in [-0.2, 0) is 4.74 Å². The van der Waals surface area contributed by atoms with E-state index < -0.39 is 5.97 Å². The minimum atomic E-state index is -0.425. The molecule has 0 unspecified atom stereocenters. The van der Waals surface area contributed by atoms with Gasteiger partial charge in [0, 0.05) is 0 Å². The van der Waals surface area contributed by atoms with E-state index in [0.29, 0.717) is 16.3 Å². The van der Waals surface area contributed by atoms with Crippen LogP contribution in [-0.4, -0.2) is 26.4 Å². The van der Waals surface area contributed by atoms with Crippen molar-refractivity contribution in [3.05, 3.63) is 4.88 Å². The molecule has 1 heterocycles. The summed E-state index contributed by atoms with van der Waals surface area (Å²) in [6, 6.07) is 0. The standard InChI is InChI=1S/C8H11NO3S2/c1-11-5-4(9)6(7(10)12-2)14-8(5)13-3/h9H2,1-3H3. The maximum absolute atomic E-state index is 11.3. The Bertz CT molecular complexity index is 349. The summed E-state index contributed by atoms with van der Waals surface area (Å²) in [7, 11) is 2.85. The number of thiophene rings is 1. The second-order valence-corrected chi connectivity index (χ2v) is 4.46. The summed E-state index contributed by atoms with van der Waals surface area (Å²) in [5.74, 6) is 0.133. The lowest BCUT2D eigenvalue weighted by atomic mass is 10.4. The number of rotatable bonds is 3. The molecule has 0 saturated heterocycles. The van der Waals surface area contributed by atoms with Crippen molar-refractivity contribution in [1.29, 1.82) is 0 Å². The first-order valence-electron chi connectivity index (χ1n) is 3.74. The van der Waals surface area contributed by atoms with Gasteiger partial charge in [-0.15, -0.1) is 23.1 Å². The van der Waals surface area contributed by atoms with Gasteiger partial charge in [0.15, 0.2) is 5.75 Å². The zero-order valence-corrected chi connectivity index (χ0v) is 9.75. The Labute approximate surface area is 90.4 Å². The summed E-state index contributed by atoms with van der Waals surface area (Å²) >= 11 is 2.77. The normalized spacial score (nSPS) is 9.93. The third-order valence-corrected chi connectivity index (χ3v) is 3.90. The van der Waals surface area contributed by atoms with Gasteiger partial charge in [-0.1, -0.05) is 0 Å². The molecule has 78 valence electrons. The molecular weight excluding hydrogens is 222 g/mol. The van der Waals surface area contributed by atoms with Gasteiger partial charge in [0.25, 0.3) is 0 Å². The number of methoxy groups -OCH3 is 2. The van der Waals surface area contributed by atoms with E-state index in [1.165, 1.54) is 37.3 Å². The largest absolute Gasteiger partial charge is 0.492 e. The predicted molar refractivity (Wildman–Crippen MR) is 58.4 cm³/mol. The number of nitrogens with two attached hydrogens (primary N) is 1. The van der Waals surface area contributed by atoms with Gasteiger partial charge in [-0.25, -0.2) is 4.79 Å². The van der Waals surface area contributed by atoms with E-state index in [2.05, 4.69) is 4.74 Å². The molecule has 4 nitrogen and oxygen atoms in total. The Morgan fingerprint density at radius 3 is 2.50 bits per heavy atom. The van der Waals surface area contributed by atoms with E-state index in [0.717, 1.165) is 4.21 Å².